The summed E-state index contributed by atoms with van der Waals surface area (Å²) < 4.78 is 18.4. The number of nitro benzene ring substituents is 1. The number of imide groups is 2. The normalized spacial score (nSPS) is 15.6. The van der Waals surface area contributed by atoms with Gasteiger partial charge in [0.05, 0.1) is 17.7 Å². The summed E-state index contributed by atoms with van der Waals surface area (Å²) in [5.41, 5.74) is -0.706. The molecule has 3 rings (SSSR count). The molecule has 1 aliphatic rings. The number of nitrogens with zero attached hydrogens (tertiary/aromatic N) is 2. The number of carbonyl (C=O) groups is 3. The Bertz CT molecular complexity index is 1050. The first kappa shape index (κ1) is 18.7. The van der Waals surface area contributed by atoms with Gasteiger partial charge in [-0.1, -0.05) is 12.1 Å². The highest BCUT2D eigenvalue weighted by Gasteiger charge is 2.37. The number of nitrogens with one attached hydrogen (secondary N) is 1. The second kappa shape index (κ2) is 7.27. The summed E-state index contributed by atoms with van der Waals surface area (Å²) >= 11 is 0. The first-order chi connectivity index (χ1) is 13.3. The molecule has 10 heteroatoms. The van der Waals surface area contributed by atoms with E-state index in [0.717, 1.165) is 24.3 Å². The Kier molecular flexibility index (Phi) is 4.86. The Morgan fingerprint density at radius 1 is 1.18 bits per heavy atom. The topological polar surface area (TPSA) is 119 Å². The van der Waals surface area contributed by atoms with Crippen molar-refractivity contribution in [3.8, 4) is 5.75 Å². The van der Waals surface area contributed by atoms with Crippen LogP contribution >= 0.6 is 0 Å². The minimum Gasteiger partial charge on any atom is -0.490 e. The van der Waals surface area contributed by atoms with E-state index < -0.39 is 34.2 Å². The number of barbiturate groups is 1. The van der Waals surface area contributed by atoms with Crippen molar-refractivity contribution < 1.29 is 28.4 Å². The number of benzene rings is 2. The van der Waals surface area contributed by atoms with Crippen LogP contribution in [0.5, 0.6) is 5.75 Å². The highest BCUT2D eigenvalue weighted by atomic mass is 19.1. The maximum Gasteiger partial charge on any atom is 0.335 e. The predicted octanol–water partition coefficient (Wildman–Crippen LogP) is 2.41. The van der Waals surface area contributed by atoms with Gasteiger partial charge in [0.1, 0.15) is 11.4 Å². The smallest absolute Gasteiger partial charge is 0.335 e. The molecule has 1 N–H and O–H groups in total. The van der Waals surface area contributed by atoms with Crippen LogP contribution in [0.1, 0.15) is 5.56 Å². The van der Waals surface area contributed by atoms with E-state index in [1.54, 1.807) is 0 Å². The number of urea groups is 1. The lowest BCUT2D eigenvalue weighted by Crippen LogP contribution is -2.54. The molecule has 4 amide bonds. The van der Waals surface area contributed by atoms with Gasteiger partial charge in [-0.15, -0.1) is 0 Å². The highest BCUT2D eigenvalue weighted by Crippen LogP contribution is 2.29. The van der Waals surface area contributed by atoms with Gasteiger partial charge in [-0.3, -0.25) is 25.0 Å². The van der Waals surface area contributed by atoms with E-state index in [-0.39, 0.29) is 22.7 Å². The molecule has 1 saturated heterocycles. The van der Waals surface area contributed by atoms with E-state index in [1.165, 1.54) is 31.4 Å². The number of methoxy groups -OCH3 is 1. The minimum atomic E-state index is -1.03. The fraction of sp³-hybridized carbons (Fsp3) is 0.0556. The van der Waals surface area contributed by atoms with Gasteiger partial charge in [-0.25, -0.2) is 14.1 Å². The molecule has 9 nitrogen and oxygen atoms in total. The summed E-state index contributed by atoms with van der Waals surface area (Å²) in [6.45, 7) is 0. The molecule has 1 heterocycles. The van der Waals surface area contributed by atoms with Gasteiger partial charge in [0.25, 0.3) is 11.8 Å². The summed E-state index contributed by atoms with van der Waals surface area (Å²) in [6.07, 6.45) is 1.10. The Morgan fingerprint density at radius 3 is 2.57 bits per heavy atom. The molecular formula is C18H12FN3O6. The number of hydrogen-bond acceptors (Lipinski definition) is 6. The molecule has 0 bridgehead atoms. The van der Waals surface area contributed by atoms with Gasteiger partial charge in [0, 0.05) is 6.07 Å². The van der Waals surface area contributed by atoms with Crippen molar-refractivity contribution >= 4 is 35.3 Å². The second-order valence-corrected chi connectivity index (χ2v) is 5.63. The van der Waals surface area contributed by atoms with Crippen molar-refractivity contribution in [2.24, 2.45) is 0 Å². The SMILES string of the molecule is COc1ccc(/C=C2\C(=O)NC(=O)N(c3cccc(F)c3)C2=O)cc1[N+](=O)[O-]. The lowest BCUT2D eigenvalue weighted by molar-refractivity contribution is -0.385. The summed E-state index contributed by atoms with van der Waals surface area (Å²) in [5.74, 6) is -2.63. The van der Waals surface area contributed by atoms with Crippen LogP contribution in [0.15, 0.2) is 48.0 Å². The van der Waals surface area contributed by atoms with Crippen molar-refractivity contribution in [2.45, 2.75) is 0 Å². The predicted molar refractivity (Wildman–Crippen MR) is 95.1 cm³/mol. The monoisotopic (exact) mass is 385 g/mol. The number of ether oxygens (including phenoxy) is 1. The maximum atomic E-state index is 13.5. The fourth-order valence-electron chi connectivity index (χ4n) is 2.61. The van der Waals surface area contributed by atoms with Crippen LogP contribution < -0.4 is 15.0 Å². The summed E-state index contributed by atoms with van der Waals surface area (Å²) in [4.78, 5) is 48.0. The van der Waals surface area contributed by atoms with E-state index in [4.69, 9.17) is 4.74 Å². The van der Waals surface area contributed by atoms with Gasteiger partial charge in [0.2, 0.25) is 0 Å². The molecule has 1 fully saturated rings. The molecule has 28 heavy (non-hydrogen) atoms. The van der Waals surface area contributed by atoms with Gasteiger partial charge in [0.15, 0.2) is 5.75 Å². The molecule has 0 unspecified atom stereocenters. The molecule has 2 aromatic rings. The number of amides is 4. The van der Waals surface area contributed by atoms with Crippen LogP contribution in [0.2, 0.25) is 0 Å². The van der Waals surface area contributed by atoms with Gasteiger partial charge < -0.3 is 4.74 Å². The zero-order chi connectivity index (χ0) is 20.4. The van der Waals surface area contributed by atoms with Gasteiger partial charge in [-0.05, 0) is 35.9 Å². The number of nitro groups is 1. The van der Waals surface area contributed by atoms with E-state index >= 15 is 0 Å². The standard InChI is InChI=1S/C18H12FN3O6/c1-28-15-6-5-10(8-14(15)22(26)27)7-13-16(23)20-18(25)21(17(13)24)12-4-2-3-11(19)9-12/h2-9H,1H3,(H,20,23,25)/b13-7+. The molecule has 142 valence electrons. The molecule has 0 spiro atoms. The van der Waals surface area contributed by atoms with Crippen molar-refractivity contribution in [1.82, 2.24) is 5.32 Å². The molecular weight excluding hydrogens is 373 g/mol. The van der Waals surface area contributed by atoms with Crippen LogP contribution in [0.25, 0.3) is 6.08 Å². The number of hydrogen-bond donors (Lipinski definition) is 1. The number of carbonyl (C=O) groups excluding carboxylic acids is 3. The molecule has 0 aromatic heterocycles. The molecule has 0 aliphatic carbocycles. The van der Waals surface area contributed by atoms with Crippen LogP contribution in [0.4, 0.5) is 20.6 Å². The third-order valence-corrected chi connectivity index (χ3v) is 3.88. The largest absolute Gasteiger partial charge is 0.490 e. The molecule has 1 aliphatic heterocycles. The molecule has 0 radical (unpaired) electrons. The van der Waals surface area contributed by atoms with E-state index in [1.807, 2.05) is 5.32 Å². The Morgan fingerprint density at radius 2 is 1.93 bits per heavy atom. The third-order valence-electron chi connectivity index (χ3n) is 3.88. The zero-order valence-corrected chi connectivity index (χ0v) is 14.3. The Balaban J connectivity index is 2.04. The number of halogens is 1. The lowest BCUT2D eigenvalue weighted by Gasteiger charge is -2.26. The number of anilines is 1. The minimum absolute atomic E-state index is 0.00290. The van der Waals surface area contributed by atoms with Crippen LogP contribution in [-0.4, -0.2) is 29.9 Å². The maximum absolute atomic E-state index is 13.5. The quantitative estimate of drug-likeness (QED) is 0.374. The van der Waals surface area contributed by atoms with E-state index in [0.29, 0.717) is 4.90 Å². The number of rotatable bonds is 4. The van der Waals surface area contributed by atoms with Gasteiger partial charge >= 0.3 is 11.7 Å². The highest BCUT2D eigenvalue weighted by molar-refractivity contribution is 6.39. The molecule has 0 saturated carbocycles. The summed E-state index contributed by atoms with van der Waals surface area (Å²) in [7, 11) is 1.26. The fourth-order valence-corrected chi connectivity index (χ4v) is 2.61. The Hall–Kier alpha value is -4.08. The van der Waals surface area contributed by atoms with Crippen LogP contribution in [0, 0.1) is 15.9 Å². The van der Waals surface area contributed by atoms with Gasteiger partial charge in [-0.2, -0.15) is 0 Å². The van der Waals surface area contributed by atoms with Crippen molar-refractivity contribution in [3.63, 3.8) is 0 Å². The average molecular weight is 385 g/mol. The third kappa shape index (κ3) is 3.43. The second-order valence-electron chi connectivity index (χ2n) is 5.63. The summed E-state index contributed by atoms with van der Waals surface area (Å²) in [5, 5.41) is 13.1. The zero-order valence-electron chi connectivity index (χ0n) is 14.3. The summed E-state index contributed by atoms with van der Waals surface area (Å²) in [6, 6.07) is 7.53. The first-order valence-electron chi connectivity index (χ1n) is 7.81. The van der Waals surface area contributed by atoms with E-state index in [9.17, 15) is 28.9 Å². The van der Waals surface area contributed by atoms with E-state index in [2.05, 4.69) is 0 Å². The lowest BCUT2D eigenvalue weighted by atomic mass is 10.1. The van der Waals surface area contributed by atoms with Crippen LogP contribution in [0.3, 0.4) is 0 Å². The average Bonchev–Trinajstić information content (AvgIpc) is 2.65. The van der Waals surface area contributed by atoms with Crippen LogP contribution in [-0.2, 0) is 9.59 Å². The van der Waals surface area contributed by atoms with Crippen molar-refractivity contribution in [1.29, 1.82) is 0 Å². The van der Waals surface area contributed by atoms with Crippen molar-refractivity contribution in [2.75, 3.05) is 12.0 Å². The first-order valence-corrected chi connectivity index (χ1v) is 7.81. The molecule has 0 atom stereocenters. The van der Waals surface area contributed by atoms with Crippen molar-refractivity contribution in [3.05, 3.63) is 69.5 Å². The molecule has 2 aromatic carbocycles. The Labute approximate surface area is 157 Å².